The minimum Gasteiger partial charge on any atom is -0.377 e. The maximum atomic E-state index is 13.0. The molecule has 1 aromatic carbocycles. The highest BCUT2D eigenvalue weighted by Crippen LogP contribution is 2.16. The van der Waals surface area contributed by atoms with E-state index in [1.54, 1.807) is 0 Å². The molecule has 0 fully saturated rings. The predicted molar refractivity (Wildman–Crippen MR) is 160 cm³/mol. The summed E-state index contributed by atoms with van der Waals surface area (Å²) in [4.78, 5) is 17.1. The van der Waals surface area contributed by atoms with Crippen molar-refractivity contribution in [3.05, 3.63) is 35.4 Å². The number of amides is 1. The second-order valence-electron chi connectivity index (χ2n) is 11.3. The van der Waals surface area contributed by atoms with Crippen LogP contribution in [0.4, 0.5) is 0 Å². The molecule has 0 bridgehead atoms. The molecule has 0 heterocycles. The van der Waals surface area contributed by atoms with Crippen LogP contribution in [-0.4, -0.2) is 56.5 Å². The number of carbonyl (C=O) groups is 1. The molecule has 0 saturated carbocycles. The van der Waals surface area contributed by atoms with E-state index in [4.69, 9.17) is 4.74 Å². The smallest absolute Gasteiger partial charge is 0.253 e. The van der Waals surface area contributed by atoms with E-state index in [1.807, 2.05) is 36.2 Å². The Morgan fingerprint density at radius 1 is 0.649 bits per heavy atom. The van der Waals surface area contributed by atoms with Crippen LogP contribution in [0.25, 0.3) is 0 Å². The van der Waals surface area contributed by atoms with Crippen LogP contribution in [0.5, 0.6) is 0 Å². The molecule has 0 N–H and O–H groups in total. The lowest BCUT2D eigenvalue weighted by atomic mass is 10.0. The molecule has 0 aliphatic carbocycles. The normalized spacial score (nSPS) is 11.4. The number of unbranched alkanes of at least 4 members (excludes halogenated alkanes) is 16. The fourth-order valence-corrected chi connectivity index (χ4v) is 4.87. The van der Waals surface area contributed by atoms with Gasteiger partial charge in [0.2, 0.25) is 0 Å². The quantitative estimate of drug-likeness (QED) is 0.122. The third-order valence-corrected chi connectivity index (χ3v) is 7.34. The number of carbonyl (C=O) groups excluding carboxylic acids is 1. The second-order valence-corrected chi connectivity index (χ2v) is 11.3. The van der Waals surface area contributed by atoms with Crippen LogP contribution in [0, 0.1) is 0 Å². The molecule has 214 valence electrons. The molecule has 0 spiro atoms. The second kappa shape index (κ2) is 23.7. The largest absolute Gasteiger partial charge is 0.377 e. The highest BCUT2D eigenvalue weighted by molar-refractivity contribution is 5.95. The summed E-state index contributed by atoms with van der Waals surface area (Å²) in [5.74, 6) is 0.118. The average molecular weight is 517 g/mol. The van der Waals surface area contributed by atoms with Crippen LogP contribution < -0.4 is 0 Å². The zero-order valence-electron chi connectivity index (χ0n) is 25.1. The SMILES string of the molecule is CCCCCCCCCCCCCCCCCCN(C)C(=O)c1ccccc1COCCCCN(C)C. The summed E-state index contributed by atoms with van der Waals surface area (Å²) in [6.45, 7) is 5.46. The van der Waals surface area contributed by atoms with E-state index in [2.05, 4.69) is 25.9 Å². The summed E-state index contributed by atoms with van der Waals surface area (Å²) in [6, 6.07) is 7.92. The van der Waals surface area contributed by atoms with E-state index in [0.29, 0.717) is 6.61 Å². The molecule has 0 atom stereocenters. The van der Waals surface area contributed by atoms with Crippen molar-refractivity contribution in [3.8, 4) is 0 Å². The highest BCUT2D eigenvalue weighted by atomic mass is 16.5. The molecule has 1 aromatic rings. The van der Waals surface area contributed by atoms with Crippen molar-refractivity contribution in [2.45, 2.75) is 129 Å². The fraction of sp³-hybridized carbons (Fsp3) is 0.788. The van der Waals surface area contributed by atoms with Gasteiger partial charge in [-0.15, -0.1) is 0 Å². The highest BCUT2D eigenvalue weighted by Gasteiger charge is 2.15. The van der Waals surface area contributed by atoms with E-state index < -0.39 is 0 Å². The van der Waals surface area contributed by atoms with Crippen LogP contribution in [0.15, 0.2) is 24.3 Å². The van der Waals surface area contributed by atoms with Crippen molar-refractivity contribution in [2.75, 3.05) is 40.8 Å². The molecule has 0 aliphatic heterocycles. The Hall–Kier alpha value is -1.39. The Morgan fingerprint density at radius 2 is 1.14 bits per heavy atom. The predicted octanol–water partition coefficient (Wildman–Crippen LogP) is 8.88. The van der Waals surface area contributed by atoms with Gasteiger partial charge in [0.05, 0.1) is 6.61 Å². The van der Waals surface area contributed by atoms with Crippen molar-refractivity contribution >= 4 is 5.91 Å². The van der Waals surface area contributed by atoms with Gasteiger partial charge in [-0.2, -0.15) is 0 Å². The topological polar surface area (TPSA) is 32.8 Å². The first kappa shape index (κ1) is 33.6. The van der Waals surface area contributed by atoms with E-state index in [9.17, 15) is 4.79 Å². The minimum atomic E-state index is 0.118. The molecule has 4 heteroatoms. The van der Waals surface area contributed by atoms with Crippen LogP contribution in [0.1, 0.15) is 138 Å². The fourth-order valence-electron chi connectivity index (χ4n) is 4.87. The maximum Gasteiger partial charge on any atom is 0.253 e. The monoisotopic (exact) mass is 516 g/mol. The number of nitrogens with zero attached hydrogens (tertiary/aromatic N) is 2. The molecular weight excluding hydrogens is 456 g/mol. The van der Waals surface area contributed by atoms with Gasteiger partial charge in [0.1, 0.15) is 0 Å². The molecule has 0 unspecified atom stereocenters. The lowest BCUT2D eigenvalue weighted by Crippen LogP contribution is -2.28. The molecule has 1 rings (SSSR count). The van der Waals surface area contributed by atoms with Gasteiger partial charge < -0.3 is 14.5 Å². The summed E-state index contributed by atoms with van der Waals surface area (Å²) in [7, 11) is 6.13. The van der Waals surface area contributed by atoms with Crippen LogP contribution in [0.3, 0.4) is 0 Å². The van der Waals surface area contributed by atoms with Crippen LogP contribution >= 0.6 is 0 Å². The third kappa shape index (κ3) is 18.5. The van der Waals surface area contributed by atoms with Crippen molar-refractivity contribution in [2.24, 2.45) is 0 Å². The summed E-state index contributed by atoms with van der Waals surface area (Å²) in [5, 5.41) is 0. The molecule has 37 heavy (non-hydrogen) atoms. The van der Waals surface area contributed by atoms with E-state index in [-0.39, 0.29) is 5.91 Å². The first-order chi connectivity index (χ1) is 18.1. The molecular formula is C33H60N2O2. The average Bonchev–Trinajstić information content (AvgIpc) is 2.90. The van der Waals surface area contributed by atoms with Gasteiger partial charge in [0.15, 0.2) is 0 Å². The van der Waals surface area contributed by atoms with Gasteiger partial charge in [-0.1, -0.05) is 121 Å². The van der Waals surface area contributed by atoms with Crippen LogP contribution in [-0.2, 0) is 11.3 Å². The number of hydrogen-bond donors (Lipinski definition) is 0. The Kier molecular flexibility index (Phi) is 21.6. The van der Waals surface area contributed by atoms with E-state index in [1.165, 1.54) is 96.3 Å². The zero-order chi connectivity index (χ0) is 27.0. The molecule has 0 radical (unpaired) electrons. The molecule has 1 amide bonds. The third-order valence-electron chi connectivity index (χ3n) is 7.34. The lowest BCUT2D eigenvalue weighted by Gasteiger charge is -2.19. The lowest BCUT2D eigenvalue weighted by molar-refractivity contribution is 0.0781. The molecule has 4 nitrogen and oxygen atoms in total. The van der Waals surface area contributed by atoms with Gasteiger partial charge >= 0.3 is 0 Å². The van der Waals surface area contributed by atoms with Gasteiger partial charge in [-0.05, 0) is 51.5 Å². The Morgan fingerprint density at radius 3 is 1.68 bits per heavy atom. The van der Waals surface area contributed by atoms with Gasteiger partial charge in [0, 0.05) is 25.8 Å². The number of hydrogen-bond acceptors (Lipinski definition) is 3. The van der Waals surface area contributed by atoms with Crippen molar-refractivity contribution in [1.82, 2.24) is 9.80 Å². The Bertz CT molecular complexity index is 661. The van der Waals surface area contributed by atoms with E-state index in [0.717, 1.165) is 50.1 Å². The summed E-state index contributed by atoms with van der Waals surface area (Å²) in [5.41, 5.74) is 1.79. The minimum absolute atomic E-state index is 0.118. The van der Waals surface area contributed by atoms with Crippen molar-refractivity contribution < 1.29 is 9.53 Å². The summed E-state index contributed by atoms with van der Waals surface area (Å²) < 4.78 is 5.88. The first-order valence-electron chi connectivity index (χ1n) is 15.6. The van der Waals surface area contributed by atoms with Crippen molar-refractivity contribution in [3.63, 3.8) is 0 Å². The Balaban J connectivity index is 2.06. The summed E-state index contributed by atoms with van der Waals surface area (Å²) in [6.07, 6.45) is 24.1. The van der Waals surface area contributed by atoms with Gasteiger partial charge in [-0.25, -0.2) is 0 Å². The van der Waals surface area contributed by atoms with Crippen molar-refractivity contribution in [1.29, 1.82) is 0 Å². The summed E-state index contributed by atoms with van der Waals surface area (Å²) >= 11 is 0. The number of rotatable bonds is 25. The molecule has 0 aromatic heterocycles. The van der Waals surface area contributed by atoms with Gasteiger partial charge in [0.25, 0.3) is 5.91 Å². The van der Waals surface area contributed by atoms with Gasteiger partial charge in [-0.3, -0.25) is 4.79 Å². The molecule has 0 aliphatic rings. The molecule has 0 saturated heterocycles. The Labute approximate surface area is 230 Å². The maximum absolute atomic E-state index is 13.0. The number of benzene rings is 1. The standard InChI is InChI=1S/C33H60N2O2/c1-5-6-7-8-9-10-11-12-13-14-15-16-17-18-19-22-28-35(4)33(36)32-26-21-20-25-31(32)30-37-29-24-23-27-34(2)3/h20-21,25-26H,5-19,22-24,27-30H2,1-4H3. The zero-order valence-corrected chi connectivity index (χ0v) is 25.1. The number of ether oxygens (including phenoxy) is 1. The first-order valence-corrected chi connectivity index (χ1v) is 15.6. The van der Waals surface area contributed by atoms with E-state index >= 15 is 0 Å². The van der Waals surface area contributed by atoms with Crippen LogP contribution in [0.2, 0.25) is 0 Å².